The first kappa shape index (κ1) is 13.3. The van der Waals surface area contributed by atoms with Crippen LogP contribution in [-0.4, -0.2) is 11.7 Å². The van der Waals surface area contributed by atoms with Gasteiger partial charge in [-0.1, -0.05) is 0 Å². The van der Waals surface area contributed by atoms with Crippen LogP contribution in [0.3, 0.4) is 0 Å². The first-order valence-corrected chi connectivity index (χ1v) is 3.21. The quantitative estimate of drug-likeness (QED) is 0.519. The molecule has 0 aromatic carbocycles. The van der Waals surface area contributed by atoms with Gasteiger partial charge in [0.15, 0.2) is 0 Å². The van der Waals surface area contributed by atoms with Crippen LogP contribution in [0.15, 0.2) is 0 Å². The first-order valence-electron chi connectivity index (χ1n) is 2.51. The standard InChI is InChI=1S/C5H10BrNO2.Na/c1-5(2,3)9-4(8)7-6;/h1-3H3,(H,7,8);/q;+1/p-1. The van der Waals surface area contributed by atoms with Gasteiger partial charge in [0.2, 0.25) is 6.09 Å². The summed E-state index contributed by atoms with van der Waals surface area (Å²) in [6, 6.07) is 0. The van der Waals surface area contributed by atoms with E-state index in [0.29, 0.717) is 0 Å². The summed E-state index contributed by atoms with van der Waals surface area (Å²) in [6.45, 7) is 5.34. The molecule has 0 aromatic rings. The number of hydrogen-bond acceptors (Lipinski definition) is 2. The van der Waals surface area contributed by atoms with E-state index in [1.54, 1.807) is 20.8 Å². The molecule has 0 radical (unpaired) electrons. The van der Waals surface area contributed by atoms with Crippen LogP contribution < -0.4 is 29.6 Å². The molecule has 5 heteroatoms. The molecule has 0 N–H and O–H groups in total. The molecule has 0 saturated carbocycles. The van der Waals surface area contributed by atoms with Gasteiger partial charge < -0.3 is 9.08 Å². The van der Waals surface area contributed by atoms with Gasteiger partial charge in [0, 0.05) is 0 Å². The summed E-state index contributed by atoms with van der Waals surface area (Å²) in [4.78, 5) is 10.4. The summed E-state index contributed by atoms with van der Waals surface area (Å²) in [5.74, 6) is 0. The fraction of sp³-hybridized carbons (Fsp3) is 0.800. The summed E-state index contributed by atoms with van der Waals surface area (Å²) >= 11 is 2.62. The van der Waals surface area contributed by atoms with Crippen LogP contribution in [0.4, 0.5) is 4.79 Å². The maximum atomic E-state index is 10.4. The summed E-state index contributed by atoms with van der Waals surface area (Å²) in [6.07, 6.45) is -0.595. The fourth-order valence-corrected chi connectivity index (χ4v) is 0.352. The zero-order valence-electron chi connectivity index (χ0n) is 6.64. The van der Waals surface area contributed by atoms with Crippen molar-refractivity contribution in [3.63, 3.8) is 0 Å². The van der Waals surface area contributed by atoms with Crippen molar-refractivity contribution in [3.8, 4) is 0 Å². The molecule has 0 atom stereocenters. The number of rotatable bonds is 0. The average molecular weight is 218 g/mol. The Morgan fingerprint density at radius 3 is 2.00 bits per heavy atom. The average Bonchev–Trinajstić information content (AvgIpc) is 1.62. The van der Waals surface area contributed by atoms with Crippen LogP contribution in [-0.2, 0) is 4.74 Å². The molecule has 1 amide bonds. The van der Waals surface area contributed by atoms with Gasteiger partial charge in [0.05, 0.1) is 0 Å². The molecule has 0 aromatic heterocycles. The van der Waals surface area contributed by atoms with Crippen LogP contribution in [0.1, 0.15) is 20.8 Å². The SMILES string of the molecule is CC(C)(C)OC(=O)[N-]Br.[Na+]. The van der Waals surface area contributed by atoms with E-state index in [1.165, 1.54) is 0 Å². The second kappa shape index (κ2) is 5.41. The zero-order chi connectivity index (χ0) is 7.49. The van der Waals surface area contributed by atoms with Crippen LogP contribution >= 0.6 is 16.1 Å². The summed E-state index contributed by atoms with van der Waals surface area (Å²) in [5.41, 5.74) is -0.450. The number of ether oxygens (including phenoxy) is 1. The molecule has 0 spiro atoms. The topological polar surface area (TPSA) is 40.4 Å². The Kier molecular flexibility index (Phi) is 7.22. The van der Waals surface area contributed by atoms with Crippen molar-refractivity contribution >= 4 is 22.2 Å². The van der Waals surface area contributed by atoms with Gasteiger partial charge >= 0.3 is 29.6 Å². The Morgan fingerprint density at radius 1 is 1.50 bits per heavy atom. The molecule has 0 aliphatic rings. The number of amides is 1. The molecule has 0 heterocycles. The van der Waals surface area contributed by atoms with Gasteiger partial charge in [-0.25, -0.2) is 16.1 Å². The summed E-state index contributed by atoms with van der Waals surface area (Å²) in [7, 11) is 0. The van der Waals surface area contributed by atoms with Crippen molar-refractivity contribution in [2.75, 3.05) is 0 Å². The van der Waals surface area contributed by atoms with Gasteiger partial charge in [-0.3, -0.25) is 4.79 Å². The van der Waals surface area contributed by atoms with E-state index in [1.807, 2.05) is 0 Å². The molecule has 0 rings (SSSR count). The monoisotopic (exact) mass is 217 g/mol. The Labute approximate surface area is 91.5 Å². The van der Waals surface area contributed by atoms with Crippen LogP contribution in [0.2, 0.25) is 0 Å². The molecule has 10 heavy (non-hydrogen) atoms. The second-order valence-corrected chi connectivity index (χ2v) is 2.92. The Balaban J connectivity index is 0. The normalized spacial score (nSPS) is 9.60. The Hall–Kier alpha value is 0.750. The van der Waals surface area contributed by atoms with Crippen LogP contribution in [0.25, 0.3) is 4.34 Å². The number of carbonyl (C=O) groups is 1. The van der Waals surface area contributed by atoms with E-state index in [4.69, 9.17) is 4.74 Å². The van der Waals surface area contributed by atoms with Gasteiger partial charge in [-0.15, -0.1) is 0 Å². The van der Waals surface area contributed by atoms with E-state index in [-0.39, 0.29) is 29.6 Å². The third-order valence-corrected chi connectivity index (χ3v) is 0.752. The van der Waals surface area contributed by atoms with Crippen molar-refractivity contribution < 1.29 is 39.1 Å². The Bertz CT molecular complexity index is 113. The van der Waals surface area contributed by atoms with Gasteiger partial charge in [-0.2, -0.15) is 0 Å². The van der Waals surface area contributed by atoms with Crippen LogP contribution in [0.5, 0.6) is 0 Å². The Morgan fingerprint density at radius 2 is 1.90 bits per heavy atom. The summed E-state index contributed by atoms with van der Waals surface area (Å²) in [5, 5.41) is 0. The van der Waals surface area contributed by atoms with Gasteiger partial charge in [0.1, 0.15) is 5.60 Å². The van der Waals surface area contributed by atoms with Gasteiger partial charge in [-0.05, 0) is 20.8 Å². The van der Waals surface area contributed by atoms with Crippen molar-refractivity contribution in [3.05, 3.63) is 4.34 Å². The smallest absolute Gasteiger partial charge is 0.556 e. The molecule has 0 saturated heterocycles. The second-order valence-electron chi connectivity index (χ2n) is 2.56. The van der Waals surface area contributed by atoms with E-state index in [0.717, 1.165) is 0 Å². The molecule has 0 unspecified atom stereocenters. The molecule has 0 aliphatic heterocycles. The predicted octanol–water partition coefficient (Wildman–Crippen LogP) is -0.391. The van der Waals surface area contributed by atoms with Crippen molar-refractivity contribution in [2.45, 2.75) is 26.4 Å². The number of carbonyl (C=O) groups excluding carboxylic acids is 1. The number of nitrogens with zero attached hydrogens (tertiary/aromatic N) is 1. The van der Waals surface area contributed by atoms with E-state index < -0.39 is 11.7 Å². The molecular weight excluding hydrogens is 209 g/mol. The van der Waals surface area contributed by atoms with Crippen molar-refractivity contribution in [2.24, 2.45) is 0 Å². The molecule has 54 valence electrons. The minimum absolute atomic E-state index is 0. The molecule has 3 nitrogen and oxygen atoms in total. The predicted molar refractivity (Wildman–Crippen MR) is 38.5 cm³/mol. The van der Waals surface area contributed by atoms with E-state index in [2.05, 4.69) is 20.5 Å². The molecule has 0 bridgehead atoms. The summed E-state index contributed by atoms with van der Waals surface area (Å²) < 4.78 is 7.86. The van der Waals surface area contributed by atoms with Crippen LogP contribution in [0, 0.1) is 0 Å². The number of hydrogen-bond donors (Lipinski definition) is 0. The zero-order valence-corrected chi connectivity index (χ0v) is 10.2. The molecule has 0 aliphatic carbocycles. The maximum absolute atomic E-state index is 10.4. The van der Waals surface area contributed by atoms with Gasteiger partial charge in [0.25, 0.3) is 0 Å². The minimum Gasteiger partial charge on any atom is -0.556 e. The largest absolute Gasteiger partial charge is 1.00 e. The maximum Gasteiger partial charge on any atom is 1.00 e. The minimum atomic E-state index is -0.595. The third kappa shape index (κ3) is 8.75. The number of halogens is 1. The third-order valence-electron chi connectivity index (χ3n) is 0.463. The van der Waals surface area contributed by atoms with E-state index >= 15 is 0 Å². The fourth-order valence-electron chi connectivity index (χ4n) is 0.279. The molecule has 0 fully saturated rings. The van der Waals surface area contributed by atoms with Crippen molar-refractivity contribution in [1.29, 1.82) is 0 Å². The van der Waals surface area contributed by atoms with E-state index in [9.17, 15) is 4.79 Å². The first-order chi connectivity index (χ1) is 3.95. The molecular formula is C5H9BrNNaO2. The van der Waals surface area contributed by atoms with Crippen molar-refractivity contribution in [1.82, 2.24) is 0 Å².